The van der Waals surface area contributed by atoms with Gasteiger partial charge < -0.3 is 4.74 Å². The predicted octanol–water partition coefficient (Wildman–Crippen LogP) is -0.125. The minimum Gasteiger partial charge on any atom is -0.381 e. The Morgan fingerprint density at radius 2 is 2.44 bits per heavy atom. The van der Waals surface area contributed by atoms with Crippen molar-refractivity contribution >= 4 is 0 Å². The van der Waals surface area contributed by atoms with Crippen LogP contribution in [-0.4, -0.2) is 19.3 Å². The van der Waals surface area contributed by atoms with Gasteiger partial charge in [-0.15, -0.1) is 0 Å². The van der Waals surface area contributed by atoms with Crippen molar-refractivity contribution in [1.29, 1.82) is 0 Å². The third-order valence-electron chi connectivity index (χ3n) is 1.85. The number of nitrogens with two attached hydrogens (primary N) is 1. The first kappa shape index (κ1) is 6.99. The van der Waals surface area contributed by atoms with E-state index in [1.165, 1.54) is 0 Å². The molecule has 0 saturated carbocycles. The van der Waals surface area contributed by atoms with E-state index in [0.29, 0.717) is 12.0 Å². The molecule has 1 aliphatic rings. The molecular formula is C6H14N2O. The molecule has 1 aliphatic heterocycles. The van der Waals surface area contributed by atoms with Crippen LogP contribution in [0.25, 0.3) is 0 Å². The van der Waals surface area contributed by atoms with Gasteiger partial charge in [0.25, 0.3) is 0 Å². The lowest BCUT2D eigenvalue weighted by molar-refractivity contribution is 0.0392. The molecule has 54 valence electrons. The topological polar surface area (TPSA) is 47.3 Å². The Balaban J connectivity index is 2.30. The molecule has 0 unspecified atom stereocenters. The highest BCUT2D eigenvalue weighted by atomic mass is 16.5. The van der Waals surface area contributed by atoms with E-state index in [0.717, 1.165) is 19.6 Å². The maximum absolute atomic E-state index is 5.29. The maximum Gasteiger partial charge on any atom is 0.0507 e. The van der Waals surface area contributed by atoms with Crippen LogP contribution in [0, 0.1) is 5.92 Å². The molecule has 9 heavy (non-hydrogen) atoms. The van der Waals surface area contributed by atoms with Gasteiger partial charge in [0.2, 0.25) is 0 Å². The summed E-state index contributed by atoms with van der Waals surface area (Å²) in [5.74, 6) is 5.85. The second kappa shape index (κ2) is 3.15. The highest BCUT2D eigenvalue weighted by Crippen LogP contribution is 2.12. The normalized spacial score (nSPS) is 36.7. The van der Waals surface area contributed by atoms with Gasteiger partial charge in [-0.3, -0.25) is 11.3 Å². The van der Waals surface area contributed by atoms with Crippen molar-refractivity contribution in [2.45, 2.75) is 19.4 Å². The molecular weight excluding hydrogens is 116 g/mol. The third kappa shape index (κ3) is 1.64. The van der Waals surface area contributed by atoms with Gasteiger partial charge in [0.15, 0.2) is 0 Å². The molecule has 3 heteroatoms. The fraction of sp³-hybridized carbons (Fsp3) is 1.00. The summed E-state index contributed by atoms with van der Waals surface area (Å²) in [4.78, 5) is 0. The van der Waals surface area contributed by atoms with Crippen LogP contribution in [0.5, 0.6) is 0 Å². The summed E-state index contributed by atoms with van der Waals surface area (Å²) in [7, 11) is 0. The van der Waals surface area contributed by atoms with Crippen LogP contribution >= 0.6 is 0 Å². The number of nitrogens with one attached hydrogen (secondary N) is 1. The van der Waals surface area contributed by atoms with Gasteiger partial charge in [-0.25, -0.2) is 0 Å². The van der Waals surface area contributed by atoms with Crippen molar-refractivity contribution in [2.24, 2.45) is 11.8 Å². The summed E-state index contributed by atoms with van der Waals surface area (Å²) < 4.78 is 5.22. The van der Waals surface area contributed by atoms with E-state index in [1.54, 1.807) is 0 Å². The Kier molecular flexibility index (Phi) is 2.45. The van der Waals surface area contributed by atoms with Gasteiger partial charge in [-0.1, -0.05) is 6.92 Å². The monoisotopic (exact) mass is 130 g/mol. The summed E-state index contributed by atoms with van der Waals surface area (Å²) in [5, 5.41) is 0. The first-order valence-corrected chi connectivity index (χ1v) is 3.38. The zero-order valence-corrected chi connectivity index (χ0v) is 5.76. The molecule has 1 saturated heterocycles. The molecule has 0 amide bonds. The van der Waals surface area contributed by atoms with E-state index in [4.69, 9.17) is 10.6 Å². The van der Waals surface area contributed by atoms with Crippen molar-refractivity contribution < 1.29 is 4.74 Å². The standard InChI is InChI=1S/C6H14N2O/c1-5-4-9-3-2-6(5)8-7/h5-6,8H,2-4,7H2,1H3/t5-,6-/m0/s1. The fourth-order valence-corrected chi connectivity index (χ4v) is 1.13. The Morgan fingerprint density at radius 1 is 1.67 bits per heavy atom. The lowest BCUT2D eigenvalue weighted by Gasteiger charge is -2.27. The third-order valence-corrected chi connectivity index (χ3v) is 1.85. The van der Waals surface area contributed by atoms with Crippen LogP contribution in [-0.2, 0) is 4.74 Å². The minimum absolute atomic E-state index is 0.457. The lowest BCUT2D eigenvalue weighted by atomic mass is 9.99. The van der Waals surface area contributed by atoms with Crippen molar-refractivity contribution in [3.8, 4) is 0 Å². The lowest BCUT2D eigenvalue weighted by Crippen LogP contribution is -2.44. The van der Waals surface area contributed by atoms with Gasteiger partial charge in [0, 0.05) is 12.6 Å². The average Bonchev–Trinajstić information content (AvgIpc) is 1.89. The summed E-state index contributed by atoms with van der Waals surface area (Å²) in [6.45, 7) is 3.83. The smallest absolute Gasteiger partial charge is 0.0507 e. The molecule has 3 N–H and O–H groups in total. The first-order chi connectivity index (χ1) is 4.34. The number of rotatable bonds is 1. The molecule has 0 aromatic heterocycles. The molecule has 1 rings (SSSR count). The molecule has 2 atom stereocenters. The van der Waals surface area contributed by atoms with Gasteiger partial charge in [0.1, 0.15) is 0 Å². The highest BCUT2D eigenvalue weighted by Gasteiger charge is 2.19. The highest BCUT2D eigenvalue weighted by molar-refractivity contribution is 4.73. The van der Waals surface area contributed by atoms with Gasteiger partial charge in [-0.05, 0) is 12.3 Å². The molecule has 0 spiro atoms. The van der Waals surface area contributed by atoms with Crippen molar-refractivity contribution in [3.05, 3.63) is 0 Å². The zero-order chi connectivity index (χ0) is 6.69. The first-order valence-electron chi connectivity index (χ1n) is 3.38. The molecule has 1 heterocycles. The van der Waals surface area contributed by atoms with E-state index in [9.17, 15) is 0 Å². The average molecular weight is 130 g/mol. The SMILES string of the molecule is C[C@H]1COCC[C@@H]1NN. The summed E-state index contributed by atoms with van der Waals surface area (Å²) >= 11 is 0. The maximum atomic E-state index is 5.29. The Hall–Kier alpha value is -0.120. The molecule has 0 radical (unpaired) electrons. The van der Waals surface area contributed by atoms with Crippen LogP contribution in [0.2, 0.25) is 0 Å². The van der Waals surface area contributed by atoms with E-state index >= 15 is 0 Å². The van der Waals surface area contributed by atoms with E-state index < -0.39 is 0 Å². The number of hydrogen-bond acceptors (Lipinski definition) is 3. The van der Waals surface area contributed by atoms with E-state index in [1.807, 2.05) is 0 Å². The Labute approximate surface area is 55.5 Å². The van der Waals surface area contributed by atoms with Crippen LogP contribution in [0.15, 0.2) is 0 Å². The molecule has 1 fully saturated rings. The van der Waals surface area contributed by atoms with Crippen molar-refractivity contribution in [2.75, 3.05) is 13.2 Å². The Bertz CT molecular complexity index is 87.1. The molecule has 0 aromatic rings. The quantitative estimate of drug-likeness (QED) is 0.384. The van der Waals surface area contributed by atoms with Crippen molar-refractivity contribution in [3.63, 3.8) is 0 Å². The van der Waals surface area contributed by atoms with Gasteiger partial charge >= 0.3 is 0 Å². The molecule has 3 nitrogen and oxygen atoms in total. The largest absolute Gasteiger partial charge is 0.381 e. The van der Waals surface area contributed by atoms with Crippen molar-refractivity contribution in [1.82, 2.24) is 5.43 Å². The van der Waals surface area contributed by atoms with Crippen LogP contribution < -0.4 is 11.3 Å². The van der Waals surface area contributed by atoms with Gasteiger partial charge in [-0.2, -0.15) is 0 Å². The number of hydrazine groups is 1. The second-order valence-corrected chi connectivity index (χ2v) is 2.61. The van der Waals surface area contributed by atoms with E-state index in [2.05, 4.69) is 12.3 Å². The van der Waals surface area contributed by atoms with Crippen LogP contribution in [0.4, 0.5) is 0 Å². The summed E-state index contributed by atoms with van der Waals surface area (Å²) in [6.07, 6.45) is 1.04. The molecule has 0 bridgehead atoms. The van der Waals surface area contributed by atoms with Crippen LogP contribution in [0.1, 0.15) is 13.3 Å². The minimum atomic E-state index is 0.457. The predicted molar refractivity (Wildman–Crippen MR) is 35.7 cm³/mol. The van der Waals surface area contributed by atoms with Gasteiger partial charge in [0.05, 0.1) is 6.61 Å². The zero-order valence-electron chi connectivity index (χ0n) is 5.76. The number of hydrogen-bond donors (Lipinski definition) is 2. The molecule has 0 aromatic carbocycles. The second-order valence-electron chi connectivity index (χ2n) is 2.61. The fourth-order valence-electron chi connectivity index (χ4n) is 1.13. The van der Waals surface area contributed by atoms with Crippen LogP contribution in [0.3, 0.4) is 0 Å². The summed E-state index contributed by atoms with van der Waals surface area (Å²) in [5.41, 5.74) is 2.77. The van der Waals surface area contributed by atoms with E-state index in [-0.39, 0.29) is 0 Å². The number of ether oxygens (including phenoxy) is 1. The summed E-state index contributed by atoms with van der Waals surface area (Å²) in [6, 6.07) is 0.457. The Morgan fingerprint density at radius 3 is 2.89 bits per heavy atom. The molecule has 0 aliphatic carbocycles.